The molecule has 1 fully saturated rings. The lowest BCUT2D eigenvalue weighted by Gasteiger charge is -1.93. The van der Waals surface area contributed by atoms with Gasteiger partial charge in [-0.2, -0.15) is 0 Å². The highest BCUT2D eigenvalue weighted by Gasteiger charge is 2.29. The van der Waals surface area contributed by atoms with E-state index in [0.29, 0.717) is 17.4 Å². The van der Waals surface area contributed by atoms with Crippen LogP contribution in [0.4, 0.5) is 0 Å². The van der Waals surface area contributed by atoms with Gasteiger partial charge in [-0.3, -0.25) is 9.20 Å². The lowest BCUT2D eigenvalue weighted by Crippen LogP contribution is -1.93. The van der Waals surface area contributed by atoms with Crippen LogP contribution in [0.2, 0.25) is 0 Å². The molecule has 0 unspecified atom stereocenters. The minimum absolute atomic E-state index is 0.483. The van der Waals surface area contributed by atoms with Crippen molar-refractivity contribution in [3.63, 3.8) is 0 Å². The maximum Gasteiger partial charge on any atom is 0.234 e. The van der Waals surface area contributed by atoms with Crippen LogP contribution >= 0.6 is 0 Å². The van der Waals surface area contributed by atoms with Crippen molar-refractivity contribution >= 4 is 12.1 Å². The fourth-order valence-electron chi connectivity index (χ4n) is 1.70. The molecule has 0 atom stereocenters. The minimum Gasteiger partial charge on any atom is -0.296 e. The summed E-state index contributed by atoms with van der Waals surface area (Å²) in [5, 5.41) is 0. The lowest BCUT2D eigenvalue weighted by molar-refractivity contribution is 0.111. The van der Waals surface area contributed by atoms with E-state index >= 15 is 0 Å². The normalized spacial score (nSPS) is 16.0. The van der Waals surface area contributed by atoms with E-state index in [9.17, 15) is 4.79 Å². The summed E-state index contributed by atoms with van der Waals surface area (Å²) in [5.74, 6) is 1.11. The van der Waals surface area contributed by atoms with Gasteiger partial charge in [0.25, 0.3) is 0 Å². The molecule has 2 aromatic rings. The number of hydrogen-bond donors (Lipinski definition) is 0. The highest BCUT2D eigenvalue weighted by molar-refractivity contribution is 5.76. The Labute approximate surface area is 80.6 Å². The number of imidazole rings is 1. The van der Waals surface area contributed by atoms with Crippen molar-refractivity contribution in [2.24, 2.45) is 0 Å². The average molecular weight is 187 g/mol. The van der Waals surface area contributed by atoms with E-state index in [1.807, 2.05) is 6.20 Å². The first-order chi connectivity index (χ1) is 6.90. The molecule has 0 spiro atoms. The van der Waals surface area contributed by atoms with Crippen molar-refractivity contribution in [3.05, 3.63) is 29.8 Å². The minimum atomic E-state index is 0.483. The van der Waals surface area contributed by atoms with E-state index < -0.39 is 0 Å². The number of carbonyl (C=O) groups is 1. The molecule has 1 aliphatic carbocycles. The summed E-state index contributed by atoms with van der Waals surface area (Å²) in [7, 11) is 0. The molecular weight excluding hydrogens is 178 g/mol. The number of aldehydes is 1. The molecule has 0 aromatic carbocycles. The second-order valence-electron chi connectivity index (χ2n) is 3.56. The topological polar surface area (TPSA) is 47.3 Å². The predicted octanol–water partition coefficient (Wildman–Crippen LogP) is 1.42. The highest BCUT2D eigenvalue weighted by Crippen LogP contribution is 2.40. The van der Waals surface area contributed by atoms with Gasteiger partial charge < -0.3 is 0 Å². The third-order valence-electron chi connectivity index (χ3n) is 2.54. The molecule has 0 aliphatic heterocycles. The first-order valence-electron chi connectivity index (χ1n) is 4.68. The van der Waals surface area contributed by atoms with Crippen molar-refractivity contribution < 1.29 is 4.79 Å². The molecular formula is C10H9N3O. The summed E-state index contributed by atoms with van der Waals surface area (Å²) in [6.07, 6.45) is 6.67. The smallest absolute Gasteiger partial charge is 0.234 e. The van der Waals surface area contributed by atoms with Crippen LogP contribution in [0.5, 0.6) is 0 Å². The van der Waals surface area contributed by atoms with Gasteiger partial charge in [-0.05, 0) is 18.9 Å². The van der Waals surface area contributed by atoms with Gasteiger partial charge in [-0.15, -0.1) is 0 Å². The van der Waals surface area contributed by atoms with Crippen LogP contribution in [-0.4, -0.2) is 20.7 Å². The van der Waals surface area contributed by atoms with E-state index in [4.69, 9.17) is 0 Å². The highest BCUT2D eigenvalue weighted by atomic mass is 16.1. The molecule has 0 saturated heterocycles. The molecule has 70 valence electrons. The van der Waals surface area contributed by atoms with E-state index in [0.717, 1.165) is 24.8 Å². The van der Waals surface area contributed by atoms with Crippen molar-refractivity contribution in [2.75, 3.05) is 0 Å². The maximum absolute atomic E-state index is 10.9. The van der Waals surface area contributed by atoms with E-state index in [-0.39, 0.29) is 0 Å². The Bertz CT molecular complexity index is 499. The van der Waals surface area contributed by atoms with Crippen LogP contribution in [-0.2, 0) is 0 Å². The van der Waals surface area contributed by atoms with E-state index in [2.05, 4.69) is 9.97 Å². The molecule has 3 rings (SSSR count). The largest absolute Gasteiger partial charge is 0.296 e. The molecule has 1 aliphatic rings. The summed E-state index contributed by atoms with van der Waals surface area (Å²) >= 11 is 0. The summed E-state index contributed by atoms with van der Waals surface area (Å²) in [5.41, 5.74) is 1.58. The standard InChI is InChI=1S/C10H9N3O/c14-6-8-9(7-2-3-7)12-10-11-4-1-5-13(8)10/h1,4-7H,2-3H2. The van der Waals surface area contributed by atoms with Crippen molar-refractivity contribution in [2.45, 2.75) is 18.8 Å². The Morgan fingerprint density at radius 3 is 3.07 bits per heavy atom. The molecule has 4 heteroatoms. The van der Waals surface area contributed by atoms with Gasteiger partial charge in [0.05, 0.1) is 5.69 Å². The Balaban J connectivity index is 2.33. The van der Waals surface area contributed by atoms with Crippen molar-refractivity contribution in [1.82, 2.24) is 14.4 Å². The monoisotopic (exact) mass is 187 g/mol. The van der Waals surface area contributed by atoms with Gasteiger partial charge in [-0.25, -0.2) is 9.97 Å². The zero-order valence-electron chi connectivity index (χ0n) is 7.55. The van der Waals surface area contributed by atoms with Gasteiger partial charge >= 0.3 is 0 Å². The third-order valence-corrected chi connectivity index (χ3v) is 2.54. The second-order valence-corrected chi connectivity index (χ2v) is 3.56. The number of aromatic nitrogens is 3. The Morgan fingerprint density at radius 2 is 2.36 bits per heavy atom. The van der Waals surface area contributed by atoms with Crippen LogP contribution in [0.3, 0.4) is 0 Å². The van der Waals surface area contributed by atoms with Gasteiger partial charge in [-0.1, -0.05) is 0 Å². The number of hydrogen-bond acceptors (Lipinski definition) is 3. The van der Waals surface area contributed by atoms with Crippen LogP contribution < -0.4 is 0 Å². The molecule has 14 heavy (non-hydrogen) atoms. The number of nitrogens with zero attached hydrogens (tertiary/aromatic N) is 3. The SMILES string of the molecule is O=Cc1c(C2CC2)nc2ncccn12. The first-order valence-corrected chi connectivity index (χ1v) is 4.68. The summed E-state index contributed by atoms with van der Waals surface area (Å²) in [6, 6.07) is 1.80. The summed E-state index contributed by atoms with van der Waals surface area (Å²) in [4.78, 5) is 19.4. The first kappa shape index (κ1) is 7.67. The molecule has 0 radical (unpaired) electrons. The molecule has 4 nitrogen and oxygen atoms in total. The molecule has 0 amide bonds. The zero-order chi connectivity index (χ0) is 9.54. The predicted molar refractivity (Wildman–Crippen MR) is 50.3 cm³/mol. The maximum atomic E-state index is 10.9. The number of rotatable bonds is 2. The molecule has 0 bridgehead atoms. The Hall–Kier alpha value is -1.71. The van der Waals surface area contributed by atoms with Gasteiger partial charge in [0.2, 0.25) is 5.78 Å². The molecule has 0 N–H and O–H groups in total. The van der Waals surface area contributed by atoms with Crippen LogP contribution in [0, 0.1) is 0 Å². The van der Waals surface area contributed by atoms with Crippen molar-refractivity contribution in [1.29, 1.82) is 0 Å². The third kappa shape index (κ3) is 0.968. The van der Waals surface area contributed by atoms with Crippen molar-refractivity contribution in [3.8, 4) is 0 Å². The van der Waals surface area contributed by atoms with Gasteiger partial charge in [0.15, 0.2) is 6.29 Å². The van der Waals surface area contributed by atoms with E-state index in [1.54, 1.807) is 16.7 Å². The Kier molecular flexibility index (Phi) is 1.45. The van der Waals surface area contributed by atoms with E-state index in [1.165, 1.54) is 0 Å². The van der Waals surface area contributed by atoms with Crippen LogP contribution in [0.25, 0.3) is 5.78 Å². The summed E-state index contributed by atoms with van der Waals surface area (Å²) in [6.45, 7) is 0. The average Bonchev–Trinajstić information content (AvgIpc) is 2.99. The molecule has 2 heterocycles. The number of fused-ring (bicyclic) bond motifs is 1. The second kappa shape index (κ2) is 2.64. The zero-order valence-corrected chi connectivity index (χ0v) is 7.55. The lowest BCUT2D eigenvalue weighted by atomic mass is 10.2. The van der Waals surface area contributed by atoms with Crippen LogP contribution in [0.15, 0.2) is 18.5 Å². The fraction of sp³-hybridized carbons (Fsp3) is 0.300. The quantitative estimate of drug-likeness (QED) is 0.668. The number of carbonyl (C=O) groups excluding carboxylic acids is 1. The van der Waals surface area contributed by atoms with Gasteiger partial charge in [0, 0.05) is 18.3 Å². The fourth-order valence-corrected chi connectivity index (χ4v) is 1.70. The summed E-state index contributed by atoms with van der Waals surface area (Å²) < 4.78 is 1.75. The van der Waals surface area contributed by atoms with Gasteiger partial charge in [0.1, 0.15) is 5.69 Å². The Morgan fingerprint density at radius 1 is 1.50 bits per heavy atom. The van der Waals surface area contributed by atoms with Crippen LogP contribution in [0.1, 0.15) is 34.9 Å². The molecule has 2 aromatic heterocycles. The molecule has 1 saturated carbocycles.